The van der Waals surface area contributed by atoms with Crippen LogP contribution in [0.3, 0.4) is 0 Å². The molecule has 6 heteroatoms. The fraction of sp³-hybridized carbons (Fsp3) is 0.556. The minimum atomic E-state index is -0.826. The van der Waals surface area contributed by atoms with Gasteiger partial charge < -0.3 is 14.8 Å². The smallest absolute Gasteiger partial charge is 0.408 e. The fourth-order valence-electron chi connectivity index (χ4n) is 1.92. The first-order valence-corrected chi connectivity index (χ1v) is 8.62. The number of carbonyl (C=O) groups is 2. The van der Waals surface area contributed by atoms with Crippen molar-refractivity contribution in [1.29, 1.82) is 0 Å². The number of halogens is 1. The van der Waals surface area contributed by atoms with Crippen LogP contribution in [0.25, 0.3) is 0 Å². The van der Waals surface area contributed by atoms with Crippen LogP contribution < -0.4 is 5.32 Å². The van der Waals surface area contributed by atoms with Crippen LogP contribution in [0, 0.1) is 0 Å². The molecule has 134 valence electrons. The van der Waals surface area contributed by atoms with E-state index in [1.54, 1.807) is 41.5 Å². The lowest BCUT2D eigenvalue weighted by atomic mass is 10.1. The number of hydrogen-bond donors (Lipinski definition) is 1. The van der Waals surface area contributed by atoms with Crippen LogP contribution in [-0.4, -0.2) is 29.3 Å². The molecule has 1 N–H and O–H groups in total. The summed E-state index contributed by atoms with van der Waals surface area (Å²) in [5, 5.41) is 2.61. The number of alkyl carbamates (subject to hydrolysis) is 1. The highest BCUT2D eigenvalue weighted by Crippen LogP contribution is 2.16. The van der Waals surface area contributed by atoms with E-state index in [2.05, 4.69) is 21.2 Å². The molecular formula is C18H26BrNO4. The first-order chi connectivity index (χ1) is 10.9. The van der Waals surface area contributed by atoms with E-state index < -0.39 is 29.3 Å². The van der Waals surface area contributed by atoms with E-state index in [1.807, 2.05) is 24.3 Å². The Hall–Kier alpha value is -1.56. The summed E-state index contributed by atoms with van der Waals surface area (Å²) in [6, 6.07) is 6.73. The first-order valence-electron chi connectivity index (χ1n) is 7.82. The van der Waals surface area contributed by atoms with Gasteiger partial charge >= 0.3 is 12.1 Å². The van der Waals surface area contributed by atoms with Crippen LogP contribution in [0.1, 0.15) is 47.1 Å². The van der Waals surface area contributed by atoms with Crippen molar-refractivity contribution < 1.29 is 19.1 Å². The highest BCUT2D eigenvalue weighted by molar-refractivity contribution is 9.10. The maximum Gasteiger partial charge on any atom is 0.408 e. The van der Waals surface area contributed by atoms with E-state index in [1.165, 1.54) is 0 Å². The van der Waals surface area contributed by atoms with Crippen molar-refractivity contribution in [2.75, 3.05) is 0 Å². The van der Waals surface area contributed by atoms with Crippen molar-refractivity contribution in [3.63, 3.8) is 0 Å². The first kappa shape index (κ1) is 20.5. The highest BCUT2D eigenvalue weighted by Gasteiger charge is 2.28. The van der Waals surface area contributed by atoms with Gasteiger partial charge in [-0.1, -0.05) is 28.1 Å². The molecule has 24 heavy (non-hydrogen) atoms. The summed E-state index contributed by atoms with van der Waals surface area (Å²) in [5.41, 5.74) is -0.378. The number of amides is 1. The highest BCUT2D eigenvalue weighted by atomic mass is 79.9. The summed E-state index contributed by atoms with van der Waals surface area (Å²) >= 11 is 3.40. The van der Waals surface area contributed by atoms with Gasteiger partial charge in [-0.05, 0) is 59.2 Å². The third-order valence-corrected chi connectivity index (χ3v) is 3.20. The van der Waals surface area contributed by atoms with E-state index >= 15 is 0 Å². The van der Waals surface area contributed by atoms with Gasteiger partial charge in [0.05, 0.1) is 0 Å². The SMILES string of the molecule is CC(C)(C)OC(=O)N[C@@H](Cc1cccc(Br)c1)C(=O)OC(C)(C)C. The number of hydrogen-bond acceptors (Lipinski definition) is 4. The molecule has 0 aromatic heterocycles. The molecule has 0 bridgehead atoms. The zero-order valence-electron chi connectivity index (χ0n) is 15.1. The summed E-state index contributed by atoms with van der Waals surface area (Å²) in [6.07, 6.45) is -0.332. The van der Waals surface area contributed by atoms with Gasteiger partial charge in [0.15, 0.2) is 0 Å². The Morgan fingerprint density at radius 3 is 2.17 bits per heavy atom. The molecular weight excluding hydrogens is 374 g/mol. The molecule has 1 atom stereocenters. The van der Waals surface area contributed by atoms with Gasteiger partial charge in [0, 0.05) is 10.9 Å². The molecule has 0 saturated carbocycles. The molecule has 0 saturated heterocycles. The lowest BCUT2D eigenvalue weighted by Crippen LogP contribution is -2.47. The zero-order chi connectivity index (χ0) is 18.5. The molecule has 0 aliphatic rings. The number of benzene rings is 1. The number of esters is 1. The Bertz CT molecular complexity index is 587. The summed E-state index contributed by atoms with van der Waals surface area (Å²) in [6.45, 7) is 10.7. The van der Waals surface area contributed by atoms with Crippen LogP contribution >= 0.6 is 15.9 Å². The van der Waals surface area contributed by atoms with Gasteiger partial charge in [-0.3, -0.25) is 0 Å². The standard InChI is InChI=1S/C18H26BrNO4/c1-17(2,3)23-15(21)14(20-16(22)24-18(4,5)6)11-12-8-7-9-13(19)10-12/h7-10,14H,11H2,1-6H3,(H,20,22)/t14-/m0/s1. The van der Waals surface area contributed by atoms with Gasteiger partial charge in [0.2, 0.25) is 0 Å². The second-order valence-corrected chi connectivity index (χ2v) is 8.48. The summed E-state index contributed by atoms with van der Waals surface area (Å²) in [4.78, 5) is 24.5. The molecule has 0 aliphatic heterocycles. The lowest BCUT2D eigenvalue weighted by molar-refractivity contribution is -0.157. The number of carbonyl (C=O) groups excluding carboxylic acids is 2. The molecule has 1 amide bonds. The van der Waals surface area contributed by atoms with Crippen molar-refractivity contribution >= 4 is 28.0 Å². The van der Waals surface area contributed by atoms with Crippen LogP contribution in [-0.2, 0) is 20.7 Å². The quantitative estimate of drug-likeness (QED) is 0.769. The van der Waals surface area contributed by atoms with E-state index in [4.69, 9.17) is 9.47 Å². The van der Waals surface area contributed by atoms with Gasteiger partial charge in [-0.25, -0.2) is 9.59 Å². The average Bonchev–Trinajstić information content (AvgIpc) is 2.33. The van der Waals surface area contributed by atoms with Crippen LogP contribution in [0.15, 0.2) is 28.7 Å². The predicted molar refractivity (Wildman–Crippen MR) is 96.8 cm³/mol. The van der Waals surface area contributed by atoms with Crippen molar-refractivity contribution in [1.82, 2.24) is 5.32 Å². The third-order valence-electron chi connectivity index (χ3n) is 2.71. The zero-order valence-corrected chi connectivity index (χ0v) is 16.7. The molecule has 1 rings (SSSR count). The van der Waals surface area contributed by atoms with Gasteiger partial charge in [-0.2, -0.15) is 0 Å². The minimum Gasteiger partial charge on any atom is -0.458 e. The van der Waals surface area contributed by atoms with Crippen molar-refractivity contribution in [3.05, 3.63) is 34.3 Å². The second kappa shape index (κ2) is 8.01. The van der Waals surface area contributed by atoms with Crippen molar-refractivity contribution in [2.45, 2.75) is 65.2 Å². The maximum absolute atomic E-state index is 12.4. The molecule has 0 unspecified atom stereocenters. The molecule has 0 radical (unpaired) electrons. The van der Waals surface area contributed by atoms with E-state index in [0.717, 1.165) is 10.0 Å². The molecule has 1 aromatic rings. The number of nitrogens with one attached hydrogen (secondary N) is 1. The summed E-state index contributed by atoms with van der Waals surface area (Å²) in [7, 11) is 0. The van der Waals surface area contributed by atoms with Gasteiger partial charge in [0.25, 0.3) is 0 Å². The Kier molecular flexibility index (Phi) is 6.84. The maximum atomic E-state index is 12.4. The van der Waals surface area contributed by atoms with Crippen LogP contribution in [0.4, 0.5) is 4.79 Å². The van der Waals surface area contributed by atoms with Crippen molar-refractivity contribution in [2.24, 2.45) is 0 Å². The minimum absolute atomic E-state index is 0.313. The summed E-state index contributed by atoms with van der Waals surface area (Å²) < 4.78 is 11.6. The van der Waals surface area contributed by atoms with E-state index in [-0.39, 0.29) is 0 Å². The second-order valence-electron chi connectivity index (χ2n) is 7.57. The van der Waals surface area contributed by atoms with Crippen molar-refractivity contribution in [3.8, 4) is 0 Å². The van der Waals surface area contributed by atoms with Crippen LogP contribution in [0.5, 0.6) is 0 Å². The monoisotopic (exact) mass is 399 g/mol. The molecule has 0 fully saturated rings. The van der Waals surface area contributed by atoms with Crippen LogP contribution in [0.2, 0.25) is 0 Å². The molecule has 0 heterocycles. The van der Waals surface area contributed by atoms with E-state index in [0.29, 0.717) is 6.42 Å². The molecule has 0 aliphatic carbocycles. The largest absolute Gasteiger partial charge is 0.458 e. The number of rotatable bonds is 4. The molecule has 0 spiro atoms. The normalized spacial score (nSPS) is 13.1. The fourth-order valence-corrected chi connectivity index (χ4v) is 2.36. The topological polar surface area (TPSA) is 64.6 Å². The Morgan fingerprint density at radius 1 is 1.08 bits per heavy atom. The third kappa shape index (κ3) is 8.34. The Balaban J connectivity index is 2.90. The molecule has 5 nitrogen and oxygen atoms in total. The molecule has 1 aromatic carbocycles. The Morgan fingerprint density at radius 2 is 1.67 bits per heavy atom. The lowest BCUT2D eigenvalue weighted by Gasteiger charge is -2.26. The predicted octanol–water partition coefficient (Wildman–Crippen LogP) is 4.23. The van der Waals surface area contributed by atoms with E-state index in [9.17, 15) is 9.59 Å². The number of ether oxygens (including phenoxy) is 2. The average molecular weight is 400 g/mol. The van der Waals surface area contributed by atoms with Gasteiger partial charge in [-0.15, -0.1) is 0 Å². The Labute approximate surface area is 152 Å². The summed E-state index contributed by atoms with van der Waals surface area (Å²) in [5.74, 6) is -0.492. The van der Waals surface area contributed by atoms with Gasteiger partial charge in [0.1, 0.15) is 17.2 Å².